The molecule has 1 heterocycles. The van der Waals surface area contributed by atoms with Crippen LogP contribution in [0, 0.1) is 0 Å². The number of halogens is 1. The summed E-state index contributed by atoms with van der Waals surface area (Å²) in [5.41, 5.74) is 1.26. The lowest BCUT2D eigenvalue weighted by Crippen LogP contribution is -2.35. The minimum atomic E-state index is -0.0674. The number of carbonyl (C=O) groups is 2. The minimum Gasteiger partial charge on any atom is -0.349 e. The van der Waals surface area contributed by atoms with Gasteiger partial charge in [-0.1, -0.05) is 6.07 Å². The van der Waals surface area contributed by atoms with E-state index in [0.29, 0.717) is 23.8 Å². The van der Waals surface area contributed by atoms with Crippen molar-refractivity contribution < 1.29 is 9.59 Å². The second kappa shape index (κ2) is 9.01. The Hall–Kier alpha value is -1.63. The van der Waals surface area contributed by atoms with Crippen LogP contribution in [0.3, 0.4) is 0 Å². The summed E-state index contributed by atoms with van der Waals surface area (Å²) in [7, 11) is 0. The monoisotopic (exact) mass is 352 g/mol. The van der Waals surface area contributed by atoms with Gasteiger partial charge in [-0.15, -0.1) is 12.4 Å². The van der Waals surface area contributed by atoms with Crippen LogP contribution in [0.5, 0.6) is 0 Å². The van der Waals surface area contributed by atoms with Gasteiger partial charge in [0.15, 0.2) is 0 Å². The number of nitrogens with zero attached hydrogens (tertiary/aromatic N) is 1. The average molecular weight is 353 g/mol. The Morgan fingerprint density at radius 2 is 2.04 bits per heavy atom. The zero-order chi connectivity index (χ0) is 16.1. The molecular formula is C17H25ClN4O2. The van der Waals surface area contributed by atoms with Crippen molar-refractivity contribution in [1.82, 2.24) is 15.5 Å². The van der Waals surface area contributed by atoms with Crippen molar-refractivity contribution in [2.24, 2.45) is 0 Å². The van der Waals surface area contributed by atoms with Crippen LogP contribution in [0.1, 0.15) is 29.6 Å². The van der Waals surface area contributed by atoms with E-state index >= 15 is 0 Å². The largest absolute Gasteiger partial charge is 0.349 e. The predicted octanol–water partition coefficient (Wildman–Crippen LogP) is 1.23. The molecule has 3 rings (SSSR count). The Morgan fingerprint density at radius 1 is 1.21 bits per heavy atom. The lowest BCUT2D eigenvalue weighted by Gasteiger charge is -2.18. The quantitative estimate of drug-likeness (QED) is 0.745. The molecule has 0 spiro atoms. The predicted molar refractivity (Wildman–Crippen MR) is 96.7 cm³/mol. The van der Waals surface area contributed by atoms with Crippen LogP contribution in [0.25, 0.3) is 0 Å². The van der Waals surface area contributed by atoms with E-state index in [1.165, 1.54) is 0 Å². The lowest BCUT2D eigenvalue weighted by atomic mass is 10.2. The first-order valence-corrected chi connectivity index (χ1v) is 8.34. The van der Waals surface area contributed by atoms with E-state index < -0.39 is 0 Å². The average Bonchev–Trinajstić information content (AvgIpc) is 3.35. The molecule has 2 fully saturated rings. The number of amides is 2. The van der Waals surface area contributed by atoms with Crippen LogP contribution in [0.4, 0.5) is 5.69 Å². The SMILES string of the molecule is Cl.O=C(CN1CCCNCC1)Nc1cccc(C(=O)NC2CC2)c1. The van der Waals surface area contributed by atoms with E-state index in [1.54, 1.807) is 18.2 Å². The minimum absolute atomic E-state index is 0. The first-order chi connectivity index (χ1) is 11.2. The third-order valence-electron chi connectivity index (χ3n) is 4.12. The summed E-state index contributed by atoms with van der Waals surface area (Å²) in [5, 5.41) is 9.17. The third kappa shape index (κ3) is 5.78. The fraction of sp³-hybridized carbons (Fsp3) is 0.529. The highest BCUT2D eigenvalue weighted by Gasteiger charge is 2.23. The molecule has 0 unspecified atom stereocenters. The molecule has 6 nitrogen and oxygen atoms in total. The van der Waals surface area contributed by atoms with Gasteiger partial charge >= 0.3 is 0 Å². The van der Waals surface area contributed by atoms with Crippen LogP contribution in [-0.2, 0) is 4.79 Å². The van der Waals surface area contributed by atoms with Gasteiger partial charge in [0.25, 0.3) is 5.91 Å². The Kier molecular flexibility index (Phi) is 7.02. The summed E-state index contributed by atoms with van der Waals surface area (Å²) >= 11 is 0. The maximum atomic E-state index is 12.2. The molecule has 0 aromatic heterocycles. The first-order valence-electron chi connectivity index (χ1n) is 8.34. The Labute approximate surface area is 148 Å². The molecule has 1 aliphatic carbocycles. The molecule has 132 valence electrons. The number of rotatable bonds is 5. The molecule has 1 saturated heterocycles. The molecule has 0 bridgehead atoms. The van der Waals surface area contributed by atoms with Crippen molar-refractivity contribution in [2.75, 3.05) is 38.0 Å². The topological polar surface area (TPSA) is 73.5 Å². The number of benzene rings is 1. The Morgan fingerprint density at radius 3 is 2.83 bits per heavy atom. The Balaban J connectivity index is 0.00000208. The maximum absolute atomic E-state index is 12.2. The highest BCUT2D eigenvalue weighted by atomic mass is 35.5. The molecule has 0 atom stereocenters. The van der Waals surface area contributed by atoms with Gasteiger partial charge in [0, 0.05) is 30.4 Å². The number of hydrogen-bond acceptors (Lipinski definition) is 4. The molecule has 0 radical (unpaired) electrons. The van der Waals surface area contributed by atoms with E-state index in [0.717, 1.165) is 45.4 Å². The van der Waals surface area contributed by atoms with Gasteiger partial charge < -0.3 is 16.0 Å². The van der Waals surface area contributed by atoms with E-state index in [9.17, 15) is 9.59 Å². The third-order valence-corrected chi connectivity index (χ3v) is 4.12. The molecule has 1 saturated carbocycles. The van der Waals surface area contributed by atoms with Crippen LogP contribution >= 0.6 is 12.4 Å². The zero-order valence-electron chi connectivity index (χ0n) is 13.7. The fourth-order valence-electron chi connectivity index (χ4n) is 2.70. The molecule has 7 heteroatoms. The molecule has 3 N–H and O–H groups in total. The second-order valence-corrected chi connectivity index (χ2v) is 6.26. The summed E-state index contributed by atoms with van der Waals surface area (Å²) < 4.78 is 0. The molecule has 1 aromatic rings. The standard InChI is InChI=1S/C17H24N4O2.ClH/c22-16(12-21-9-2-7-18-8-10-21)19-15-4-1-3-13(11-15)17(23)20-14-5-6-14;/h1,3-4,11,14,18H,2,5-10,12H2,(H,19,22)(H,20,23);1H. The van der Waals surface area contributed by atoms with Crippen molar-refractivity contribution in [3.63, 3.8) is 0 Å². The summed E-state index contributed by atoms with van der Waals surface area (Å²) in [5.74, 6) is -0.103. The number of nitrogens with one attached hydrogen (secondary N) is 3. The van der Waals surface area contributed by atoms with Crippen LogP contribution in [0.2, 0.25) is 0 Å². The number of anilines is 1. The van der Waals surface area contributed by atoms with Gasteiger partial charge in [-0.3, -0.25) is 14.5 Å². The van der Waals surface area contributed by atoms with E-state index in [1.807, 2.05) is 6.07 Å². The van der Waals surface area contributed by atoms with Crippen LogP contribution in [-0.4, -0.2) is 55.5 Å². The smallest absolute Gasteiger partial charge is 0.251 e. The summed E-state index contributed by atoms with van der Waals surface area (Å²) in [4.78, 5) is 26.4. The van der Waals surface area contributed by atoms with Crippen molar-refractivity contribution in [3.05, 3.63) is 29.8 Å². The van der Waals surface area contributed by atoms with E-state index in [-0.39, 0.29) is 24.2 Å². The number of carbonyl (C=O) groups excluding carboxylic acids is 2. The van der Waals surface area contributed by atoms with Gasteiger partial charge in [-0.25, -0.2) is 0 Å². The van der Waals surface area contributed by atoms with E-state index in [4.69, 9.17) is 0 Å². The Bertz CT molecular complexity index is 569. The van der Waals surface area contributed by atoms with Crippen LogP contribution in [0.15, 0.2) is 24.3 Å². The van der Waals surface area contributed by atoms with Crippen molar-refractivity contribution >= 4 is 29.9 Å². The molecule has 1 aliphatic heterocycles. The normalized spacial score (nSPS) is 18.2. The highest BCUT2D eigenvalue weighted by molar-refractivity contribution is 5.97. The van der Waals surface area contributed by atoms with Gasteiger partial charge in [-0.2, -0.15) is 0 Å². The first kappa shape index (κ1) is 18.7. The second-order valence-electron chi connectivity index (χ2n) is 6.26. The zero-order valence-corrected chi connectivity index (χ0v) is 14.5. The van der Waals surface area contributed by atoms with Crippen molar-refractivity contribution in [3.8, 4) is 0 Å². The molecule has 2 amide bonds. The van der Waals surface area contributed by atoms with Crippen molar-refractivity contribution in [2.45, 2.75) is 25.3 Å². The van der Waals surface area contributed by atoms with Gasteiger partial charge in [0.05, 0.1) is 6.54 Å². The molecule has 24 heavy (non-hydrogen) atoms. The highest BCUT2D eigenvalue weighted by Crippen LogP contribution is 2.20. The van der Waals surface area contributed by atoms with Crippen LogP contribution < -0.4 is 16.0 Å². The molecule has 1 aromatic carbocycles. The van der Waals surface area contributed by atoms with Gasteiger partial charge in [0.1, 0.15) is 0 Å². The van der Waals surface area contributed by atoms with Gasteiger partial charge in [0.2, 0.25) is 5.91 Å². The summed E-state index contributed by atoms with van der Waals surface area (Å²) in [6, 6.07) is 7.45. The van der Waals surface area contributed by atoms with Crippen molar-refractivity contribution in [1.29, 1.82) is 0 Å². The molecule has 2 aliphatic rings. The fourth-order valence-corrected chi connectivity index (χ4v) is 2.70. The molecular weight excluding hydrogens is 328 g/mol. The maximum Gasteiger partial charge on any atom is 0.251 e. The number of hydrogen-bond donors (Lipinski definition) is 3. The summed E-state index contributed by atoms with van der Waals surface area (Å²) in [6.45, 7) is 4.14. The van der Waals surface area contributed by atoms with Gasteiger partial charge in [-0.05, 0) is 50.6 Å². The lowest BCUT2D eigenvalue weighted by molar-refractivity contribution is -0.117. The van der Waals surface area contributed by atoms with E-state index in [2.05, 4.69) is 20.9 Å². The summed E-state index contributed by atoms with van der Waals surface area (Å²) in [6.07, 6.45) is 3.18.